The molecule has 6 N–H and O–H groups in total. The van der Waals surface area contributed by atoms with E-state index in [4.69, 9.17) is 20.9 Å². The van der Waals surface area contributed by atoms with Crippen LogP contribution in [-0.2, 0) is 0 Å². The average Bonchev–Trinajstić information content (AvgIpc) is 3.90. The molecule has 2 aliphatic rings. The monoisotopic (exact) mass is 754 g/mol. The summed E-state index contributed by atoms with van der Waals surface area (Å²) < 4.78 is 12.6. The van der Waals surface area contributed by atoms with Gasteiger partial charge in [-0.15, -0.1) is 0 Å². The molecule has 0 amide bonds. The van der Waals surface area contributed by atoms with Gasteiger partial charge in [-0.3, -0.25) is 9.59 Å². The van der Waals surface area contributed by atoms with Gasteiger partial charge in [0.05, 0.1) is 11.1 Å². The van der Waals surface area contributed by atoms with Crippen LogP contribution in [0.4, 0.5) is 0 Å². The van der Waals surface area contributed by atoms with E-state index < -0.39 is 11.8 Å². The predicted molar refractivity (Wildman–Crippen MR) is 227 cm³/mol. The van der Waals surface area contributed by atoms with E-state index in [0.717, 1.165) is 65.6 Å². The van der Waals surface area contributed by atoms with Crippen LogP contribution in [0.5, 0.6) is 11.5 Å². The third kappa shape index (κ3) is 5.01. The summed E-state index contributed by atoms with van der Waals surface area (Å²) in [5.41, 5.74) is 20.3. The SMILES string of the molecule is NC1=C(C(=O)c2c[nH]c3ccccc23)C(c2ccc(C3C(C(=O)c4c[nH]c5ccccc45)=C(N)Oc4ccc5ccccc5c43)cc2)c2c(ccc3ccccc23)O1. The number of hydrogen-bond acceptors (Lipinski definition) is 6. The van der Waals surface area contributed by atoms with Crippen molar-refractivity contribution in [2.75, 3.05) is 0 Å². The fourth-order valence-electron chi connectivity index (χ4n) is 9.09. The molecule has 0 saturated carbocycles. The molecular weight excluding hydrogens is 721 g/mol. The summed E-state index contributed by atoms with van der Waals surface area (Å²) in [6.45, 7) is 0. The molecule has 0 fully saturated rings. The van der Waals surface area contributed by atoms with Crippen molar-refractivity contribution in [3.63, 3.8) is 0 Å². The molecule has 8 heteroatoms. The highest BCUT2D eigenvalue weighted by atomic mass is 16.5. The first kappa shape index (κ1) is 33.5. The summed E-state index contributed by atoms with van der Waals surface area (Å²) in [5.74, 6) is -0.328. The number of ether oxygens (including phenoxy) is 2. The van der Waals surface area contributed by atoms with Crippen molar-refractivity contribution in [3.8, 4) is 11.5 Å². The normalized spacial score (nSPS) is 16.3. The third-order valence-corrected chi connectivity index (χ3v) is 11.7. The van der Waals surface area contributed by atoms with Gasteiger partial charge in [0, 0.05) is 68.3 Å². The van der Waals surface area contributed by atoms with Crippen molar-refractivity contribution < 1.29 is 19.1 Å². The summed E-state index contributed by atoms with van der Waals surface area (Å²) in [4.78, 5) is 36.2. The van der Waals surface area contributed by atoms with Crippen molar-refractivity contribution in [2.45, 2.75) is 11.8 Å². The lowest BCUT2D eigenvalue weighted by Gasteiger charge is -2.32. The maximum absolute atomic E-state index is 14.8. The predicted octanol–water partition coefficient (Wildman–Crippen LogP) is 10.1. The van der Waals surface area contributed by atoms with Crippen molar-refractivity contribution in [2.24, 2.45) is 11.5 Å². The number of allylic oxidation sites excluding steroid dienone is 2. The van der Waals surface area contributed by atoms with Gasteiger partial charge in [0.2, 0.25) is 0 Å². The van der Waals surface area contributed by atoms with Crippen LogP contribution in [0.25, 0.3) is 43.4 Å². The number of Topliss-reactive ketones (excluding diaryl/α,β-unsaturated/α-hetero) is 2. The molecule has 58 heavy (non-hydrogen) atoms. The third-order valence-electron chi connectivity index (χ3n) is 11.7. The van der Waals surface area contributed by atoms with Crippen LogP contribution >= 0.6 is 0 Å². The number of nitrogens with two attached hydrogens (primary N) is 2. The highest BCUT2D eigenvalue weighted by Crippen LogP contribution is 2.50. The molecule has 8 nitrogen and oxygen atoms in total. The molecule has 2 aliphatic heterocycles. The topological polar surface area (TPSA) is 136 Å². The lowest BCUT2D eigenvalue weighted by Crippen LogP contribution is -2.27. The van der Waals surface area contributed by atoms with E-state index in [1.54, 1.807) is 12.4 Å². The largest absolute Gasteiger partial charge is 0.441 e. The molecule has 0 saturated heterocycles. The van der Waals surface area contributed by atoms with E-state index >= 15 is 0 Å². The number of benzene rings is 7. The van der Waals surface area contributed by atoms with E-state index in [0.29, 0.717) is 33.8 Å². The Morgan fingerprint density at radius 2 is 0.828 bits per heavy atom. The van der Waals surface area contributed by atoms with E-state index in [2.05, 4.69) is 34.2 Å². The minimum absolute atomic E-state index is 0.0549. The number of H-pyrrole nitrogens is 2. The van der Waals surface area contributed by atoms with Crippen LogP contribution in [0, 0.1) is 0 Å². The standard InChI is InChI=1S/C50H34N4O4/c51-49-45(47(55)35-25-53-37-15-7-5-13-33(35)37)41(43-31-11-3-1-9-27(31)21-23-39(43)57-49)29-17-19-30(20-18-29)42-44-32-12-4-2-10-28(32)22-24-40(44)58-50(52)46(42)48(56)36-26-54-38-16-8-6-14-34(36)38/h1-26,41-42,53-54H,51-52H2. The zero-order valence-electron chi connectivity index (χ0n) is 31.0. The summed E-state index contributed by atoms with van der Waals surface area (Å²) in [7, 11) is 0. The lowest BCUT2D eigenvalue weighted by atomic mass is 9.75. The van der Waals surface area contributed by atoms with Crippen LogP contribution in [0.15, 0.2) is 181 Å². The zero-order valence-corrected chi connectivity index (χ0v) is 31.0. The number of fused-ring (bicyclic) bond motifs is 8. The van der Waals surface area contributed by atoms with Gasteiger partial charge in [-0.25, -0.2) is 0 Å². The minimum Gasteiger partial charge on any atom is -0.441 e. The number of rotatable bonds is 6. The Bertz CT molecular complexity index is 3040. The molecule has 2 atom stereocenters. The number of carbonyl (C=O) groups excluding carboxylic acids is 2. The second-order valence-corrected chi connectivity index (χ2v) is 14.8. The Morgan fingerprint density at radius 1 is 0.448 bits per heavy atom. The van der Waals surface area contributed by atoms with Crippen LogP contribution in [0.2, 0.25) is 0 Å². The van der Waals surface area contributed by atoms with Crippen LogP contribution in [0.3, 0.4) is 0 Å². The van der Waals surface area contributed by atoms with Crippen molar-refractivity contribution in [1.82, 2.24) is 9.97 Å². The number of aromatic amines is 2. The molecule has 2 unspecified atom stereocenters. The van der Waals surface area contributed by atoms with Gasteiger partial charge in [0.15, 0.2) is 23.3 Å². The number of aromatic nitrogens is 2. The molecule has 11 rings (SSSR count). The second kappa shape index (κ2) is 12.9. The number of ketones is 2. The number of hydrogen-bond donors (Lipinski definition) is 4. The zero-order chi connectivity index (χ0) is 39.1. The Hall–Kier alpha value is -7.84. The molecule has 0 radical (unpaired) electrons. The first-order valence-corrected chi connectivity index (χ1v) is 19.1. The second-order valence-electron chi connectivity index (χ2n) is 14.8. The smallest absolute Gasteiger partial charge is 0.199 e. The summed E-state index contributed by atoms with van der Waals surface area (Å²) >= 11 is 0. The van der Waals surface area contributed by atoms with Gasteiger partial charge in [0.1, 0.15) is 11.5 Å². The maximum Gasteiger partial charge on any atom is 0.199 e. The molecule has 9 aromatic rings. The van der Waals surface area contributed by atoms with E-state index in [1.165, 1.54) is 0 Å². The fourth-order valence-corrected chi connectivity index (χ4v) is 9.09. The van der Waals surface area contributed by atoms with Crippen LogP contribution in [-0.4, -0.2) is 21.5 Å². The molecule has 278 valence electrons. The lowest BCUT2D eigenvalue weighted by molar-refractivity contribution is 0.101. The van der Waals surface area contributed by atoms with E-state index in [-0.39, 0.29) is 23.3 Å². The van der Waals surface area contributed by atoms with Crippen molar-refractivity contribution >= 4 is 54.9 Å². The minimum atomic E-state index is -0.583. The Balaban J connectivity index is 1.10. The van der Waals surface area contributed by atoms with E-state index in [9.17, 15) is 9.59 Å². The van der Waals surface area contributed by atoms with Crippen LogP contribution < -0.4 is 20.9 Å². The average molecular weight is 755 g/mol. The number of carbonyl (C=O) groups is 2. The van der Waals surface area contributed by atoms with Crippen molar-refractivity contribution in [3.05, 3.63) is 214 Å². The molecule has 4 heterocycles. The Labute approximate surface area is 332 Å². The van der Waals surface area contributed by atoms with Gasteiger partial charge in [-0.1, -0.05) is 121 Å². The molecule has 7 aromatic carbocycles. The first-order valence-electron chi connectivity index (χ1n) is 19.1. The number of nitrogens with one attached hydrogen (secondary N) is 2. The van der Waals surface area contributed by atoms with Crippen molar-refractivity contribution in [1.29, 1.82) is 0 Å². The fraction of sp³-hybridized carbons (Fsp3) is 0.0400. The highest BCUT2D eigenvalue weighted by Gasteiger charge is 2.39. The first-order chi connectivity index (χ1) is 28.4. The van der Waals surface area contributed by atoms with E-state index in [1.807, 2.05) is 121 Å². The summed E-state index contributed by atoms with van der Waals surface area (Å²) in [6.07, 6.45) is 3.48. The highest BCUT2D eigenvalue weighted by molar-refractivity contribution is 6.19. The molecular formula is C50H34N4O4. The molecule has 0 bridgehead atoms. The number of para-hydroxylation sites is 2. The molecule has 0 aliphatic carbocycles. The molecule has 2 aromatic heterocycles. The van der Waals surface area contributed by atoms with Gasteiger partial charge in [0.25, 0.3) is 0 Å². The van der Waals surface area contributed by atoms with Gasteiger partial charge >= 0.3 is 0 Å². The summed E-state index contributed by atoms with van der Waals surface area (Å²) in [6, 6.07) is 47.5. The maximum atomic E-state index is 14.8. The van der Waals surface area contributed by atoms with Gasteiger partial charge in [-0.2, -0.15) is 0 Å². The Morgan fingerprint density at radius 3 is 1.26 bits per heavy atom. The van der Waals surface area contributed by atoms with Crippen LogP contribution in [0.1, 0.15) is 54.8 Å². The van der Waals surface area contributed by atoms with Gasteiger partial charge < -0.3 is 30.9 Å². The molecule has 0 spiro atoms. The quantitative estimate of drug-likeness (QED) is 0.125. The Kier molecular flexibility index (Phi) is 7.43. The van der Waals surface area contributed by atoms with Gasteiger partial charge in [-0.05, 0) is 56.9 Å². The summed E-state index contributed by atoms with van der Waals surface area (Å²) in [5, 5.41) is 5.53.